The maximum Gasteiger partial charge on any atom is 0.335 e. The second-order valence-corrected chi connectivity index (χ2v) is 11.4. The number of carboxylic acid groups (broad SMARTS) is 1. The number of rotatable bonds is 8. The van der Waals surface area contributed by atoms with Gasteiger partial charge in [0.15, 0.2) is 0 Å². The number of hydrogen-bond donors (Lipinski definition) is 1. The first kappa shape index (κ1) is 28.6. The van der Waals surface area contributed by atoms with Crippen LogP contribution in [0.25, 0.3) is 22.3 Å². The summed E-state index contributed by atoms with van der Waals surface area (Å²) in [6, 6.07) is 17.2. The van der Waals surface area contributed by atoms with Crippen molar-refractivity contribution in [2.24, 2.45) is 0 Å². The quantitative estimate of drug-likeness (QED) is 0.207. The Morgan fingerprint density at radius 1 is 1.02 bits per heavy atom. The Morgan fingerprint density at radius 3 is 2.58 bits per heavy atom. The summed E-state index contributed by atoms with van der Waals surface area (Å²) in [4.78, 5) is 20.7. The van der Waals surface area contributed by atoms with E-state index in [4.69, 9.17) is 19.7 Å². The van der Waals surface area contributed by atoms with Crippen molar-refractivity contribution in [2.75, 3.05) is 6.61 Å². The molecule has 8 nitrogen and oxygen atoms in total. The molecular weight excluding hydrogens is 585 g/mol. The van der Waals surface area contributed by atoms with Crippen molar-refractivity contribution in [3.05, 3.63) is 112 Å². The monoisotopic (exact) mass is 610 g/mol. The van der Waals surface area contributed by atoms with E-state index in [-0.39, 0.29) is 64.1 Å². The summed E-state index contributed by atoms with van der Waals surface area (Å²) < 4.78 is 59.0. The van der Waals surface area contributed by atoms with Gasteiger partial charge >= 0.3 is 5.97 Å². The van der Waals surface area contributed by atoms with Crippen LogP contribution in [0.1, 0.15) is 58.2 Å². The predicted molar refractivity (Wildman–Crippen MR) is 156 cm³/mol. The average molecular weight is 611 g/mol. The van der Waals surface area contributed by atoms with Crippen molar-refractivity contribution in [1.82, 2.24) is 14.5 Å². The van der Waals surface area contributed by atoms with Crippen LogP contribution in [0, 0.1) is 28.8 Å². The third-order valence-corrected chi connectivity index (χ3v) is 8.41. The van der Waals surface area contributed by atoms with Crippen molar-refractivity contribution in [2.45, 2.75) is 43.9 Å². The molecule has 2 aromatic heterocycles. The van der Waals surface area contributed by atoms with Crippen molar-refractivity contribution in [3.8, 4) is 23.2 Å². The molecule has 11 heteroatoms. The molecule has 2 aliphatic rings. The molecule has 1 unspecified atom stereocenters. The van der Waals surface area contributed by atoms with E-state index < -0.39 is 23.4 Å². The number of fused-ring (bicyclic) bond motifs is 1. The van der Waals surface area contributed by atoms with E-state index in [1.807, 2.05) is 10.6 Å². The average Bonchev–Trinajstić information content (AvgIpc) is 3.52. The molecule has 0 radical (unpaired) electrons. The van der Waals surface area contributed by atoms with Crippen LogP contribution >= 0.6 is 0 Å². The summed E-state index contributed by atoms with van der Waals surface area (Å²) in [6.07, 6.45) is 2.62. The van der Waals surface area contributed by atoms with E-state index in [1.54, 1.807) is 18.2 Å². The number of imidazole rings is 1. The van der Waals surface area contributed by atoms with Crippen molar-refractivity contribution in [3.63, 3.8) is 0 Å². The standard InChI is InChI=1S/C34H25F3N4O4/c35-25-10-19(16-38)4-5-21(25)17-44-32-3-1-2-28(40-32)24-14-26(36)22(11-27(24)37)13-31-39-29-7-6-20(33(42)43)12-30(29)41(31)23-15-34(8-9-34)45-18-23/h1-7,10-12,14,23H,8-9,13,15,17-18H2,(H,42,43). The Morgan fingerprint density at radius 2 is 1.84 bits per heavy atom. The first-order chi connectivity index (χ1) is 21.7. The van der Waals surface area contributed by atoms with Gasteiger partial charge in [0.05, 0.1) is 52.2 Å². The maximum absolute atomic E-state index is 15.6. The summed E-state index contributed by atoms with van der Waals surface area (Å²) in [6.45, 7) is 0.249. The van der Waals surface area contributed by atoms with E-state index in [2.05, 4.69) is 4.98 Å². The molecule has 1 saturated heterocycles. The van der Waals surface area contributed by atoms with E-state index in [0.29, 0.717) is 23.5 Å². The largest absolute Gasteiger partial charge is 0.478 e. The Bertz CT molecular complexity index is 2030. The predicted octanol–water partition coefficient (Wildman–Crippen LogP) is 6.75. The number of pyridine rings is 1. The van der Waals surface area contributed by atoms with Crippen LogP contribution in [-0.4, -0.2) is 37.8 Å². The van der Waals surface area contributed by atoms with Crippen molar-refractivity contribution >= 4 is 17.0 Å². The van der Waals surface area contributed by atoms with Crippen LogP contribution in [0.15, 0.2) is 66.7 Å². The van der Waals surface area contributed by atoms with Crippen molar-refractivity contribution in [1.29, 1.82) is 5.26 Å². The highest BCUT2D eigenvalue weighted by Gasteiger charge is 2.51. The molecule has 1 N–H and O–H groups in total. The number of carbonyl (C=O) groups is 1. The normalized spacial score (nSPS) is 16.6. The fourth-order valence-electron chi connectivity index (χ4n) is 5.90. The Balaban J connectivity index is 1.17. The SMILES string of the molecule is N#Cc1ccc(COc2cccc(-c3cc(F)c(Cc4nc5ccc(C(=O)O)cc5n4C4COC5(CC5)C4)cc3F)n2)c(F)c1. The molecule has 3 aromatic carbocycles. The van der Waals surface area contributed by atoms with Gasteiger partial charge in [0, 0.05) is 23.6 Å². The summed E-state index contributed by atoms with van der Waals surface area (Å²) in [5.74, 6) is -2.47. The number of nitriles is 1. The molecule has 1 aliphatic carbocycles. The second kappa shape index (κ2) is 11.1. The van der Waals surface area contributed by atoms with Gasteiger partial charge < -0.3 is 19.1 Å². The number of benzene rings is 3. The minimum atomic E-state index is -1.07. The highest BCUT2D eigenvalue weighted by Crippen LogP contribution is 2.51. The van der Waals surface area contributed by atoms with Gasteiger partial charge in [0.1, 0.15) is 29.9 Å². The van der Waals surface area contributed by atoms with Gasteiger partial charge in [0.2, 0.25) is 5.88 Å². The molecule has 2 fully saturated rings. The maximum atomic E-state index is 15.6. The molecule has 1 aliphatic heterocycles. The Hall–Kier alpha value is -5.21. The number of carboxylic acids is 1. The van der Waals surface area contributed by atoms with Gasteiger partial charge in [-0.1, -0.05) is 12.1 Å². The van der Waals surface area contributed by atoms with Crippen molar-refractivity contribution < 1.29 is 32.5 Å². The molecule has 1 saturated carbocycles. The first-order valence-electron chi connectivity index (χ1n) is 14.4. The summed E-state index contributed by atoms with van der Waals surface area (Å²) >= 11 is 0. The van der Waals surface area contributed by atoms with E-state index in [1.165, 1.54) is 30.3 Å². The van der Waals surface area contributed by atoms with Gasteiger partial charge in [-0.05, 0) is 73.4 Å². The highest BCUT2D eigenvalue weighted by atomic mass is 19.1. The van der Waals surface area contributed by atoms with Crippen LogP contribution in [0.3, 0.4) is 0 Å². The number of halogens is 3. The molecule has 0 bridgehead atoms. The Kier molecular flexibility index (Phi) is 7.01. The zero-order chi connectivity index (χ0) is 31.3. The van der Waals surface area contributed by atoms with E-state index >= 15 is 8.78 Å². The summed E-state index contributed by atoms with van der Waals surface area (Å²) in [5.41, 5.74) is 1.64. The van der Waals surface area contributed by atoms with Crippen LogP contribution < -0.4 is 4.74 Å². The molecule has 1 atom stereocenters. The molecule has 1 spiro atoms. The lowest BCUT2D eigenvalue weighted by molar-refractivity contribution is 0.0697. The van der Waals surface area contributed by atoms with Crippen LogP contribution in [0.2, 0.25) is 0 Å². The zero-order valence-electron chi connectivity index (χ0n) is 23.8. The molecule has 3 heterocycles. The lowest BCUT2D eigenvalue weighted by Gasteiger charge is -2.16. The van der Waals surface area contributed by atoms with Gasteiger partial charge in [-0.25, -0.2) is 27.9 Å². The van der Waals surface area contributed by atoms with Crippen LogP contribution in [0.4, 0.5) is 13.2 Å². The van der Waals surface area contributed by atoms with E-state index in [0.717, 1.165) is 37.5 Å². The van der Waals surface area contributed by atoms with Crippen LogP contribution in [0.5, 0.6) is 5.88 Å². The fourth-order valence-corrected chi connectivity index (χ4v) is 5.90. The molecule has 5 aromatic rings. The second-order valence-electron chi connectivity index (χ2n) is 11.4. The number of hydrogen-bond acceptors (Lipinski definition) is 6. The topological polar surface area (TPSA) is 110 Å². The van der Waals surface area contributed by atoms with Crippen LogP contribution in [-0.2, 0) is 17.8 Å². The molecule has 226 valence electrons. The van der Waals surface area contributed by atoms with Gasteiger partial charge in [-0.15, -0.1) is 0 Å². The minimum absolute atomic E-state index is 0.0314. The van der Waals surface area contributed by atoms with Gasteiger partial charge in [-0.3, -0.25) is 0 Å². The van der Waals surface area contributed by atoms with E-state index in [9.17, 15) is 14.3 Å². The molecular formula is C34H25F3N4O4. The molecule has 0 amide bonds. The minimum Gasteiger partial charge on any atom is -0.478 e. The highest BCUT2D eigenvalue weighted by molar-refractivity contribution is 5.92. The summed E-state index contributed by atoms with van der Waals surface area (Å²) in [5, 5.41) is 18.5. The smallest absolute Gasteiger partial charge is 0.335 e. The lowest BCUT2D eigenvalue weighted by atomic mass is 10.0. The molecule has 7 rings (SSSR count). The van der Waals surface area contributed by atoms with Gasteiger partial charge in [-0.2, -0.15) is 5.26 Å². The number of ether oxygens (including phenoxy) is 2. The lowest BCUT2D eigenvalue weighted by Crippen LogP contribution is -2.14. The third kappa shape index (κ3) is 5.49. The fraction of sp³-hybridized carbons (Fsp3) is 0.235. The number of aromatic nitrogens is 3. The zero-order valence-corrected chi connectivity index (χ0v) is 23.8. The van der Waals surface area contributed by atoms with Gasteiger partial charge in [0.25, 0.3) is 0 Å². The Labute approximate surface area is 255 Å². The molecule has 45 heavy (non-hydrogen) atoms. The third-order valence-electron chi connectivity index (χ3n) is 8.41. The number of aromatic carboxylic acids is 1. The summed E-state index contributed by atoms with van der Waals surface area (Å²) in [7, 11) is 0. The number of nitrogens with zero attached hydrogens (tertiary/aromatic N) is 4. The first-order valence-corrected chi connectivity index (χ1v) is 14.4.